The Morgan fingerprint density at radius 3 is 2.38 bits per heavy atom. The second-order valence-corrected chi connectivity index (χ2v) is 11.1. The zero-order valence-corrected chi connectivity index (χ0v) is 21.9. The molecule has 0 spiro atoms. The number of nitrogens with one attached hydrogen (secondary N) is 2. The van der Waals surface area contributed by atoms with Crippen LogP contribution in [-0.2, 0) is 17.1 Å². The van der Waals surface area contributed by atoms with Gasteiger partial charge in [-0.1, -0.05) is 54.1 Å². The molecule has 0 saturated carbocycles. The van der Waals surface area contributed by atoms with Crippen LogP contribution < -0.4 is 16.0 Å². The fraction of sp³-hybridized carbons (Fsp3) is 0.0357. The molecule has 0 unspecified atom stereocenters. The molecular formula is C28H19ClN4O5S. The van der Waals surface area contributed by atoms with E-state index in [0.29, 0.717) is 26.8 Å². The van der Waals surface area contributed by atoms with E-state index in [0.717, 1.165) is 9.95 Å². The van der Waals surface area contributed by atoms with Crippen LogP contribution in [0.1, 0.15) is 10.5 Å². The summed E-state index contributed by atoms with van der Waals surface area (Å²) in [5.74, 6) is -1.02. The Hall–Kier alpha value is -4.67. The van der Waals surface area contributed by atoms with Crippen LogP contribution in [0.25, 0.3) is 38.3 Å². The number of hydrogen-bond acceptors (Lipinski definition) is 5. The van der Waals surface area contributed by atoms with Crippen molar-refractivity contribution in [3.05, 3.63) is 116 Å². The van der Waals surface area contributed by atoms with E-state index < -0.39 is 27.2 Å². The van der Waals surface area contributed by atoms with Gasteiger partial charge in [0.25, 0.3) is 21.5 Å². The number of halogens is 1. The molecule has 0 aliphatic rings. The quantitative estimate of drug-likeness (QED) is 0.337. The molecule has 11 heteroatoms. The lowest BCUT2D eigenvalue weighted by molar-refractivity contribution is 0.0974. The van der Waals surface area contributed by atoms with Gasteiger partial charge in [-0.25, -0.2) is 22.5 Å². The number of H-pyrrole nitrogens is 1. The maximum Gasteiger partial charge on any atom is 0.333 e. The van der Waals surface area contributed by atoms with Crippen LogP contribution in [0.5, 0.6) is 0 Å². The Morgan fingerprint density at radius 2 is 1.59 bits per heavy atom. The van der Waals surface area contributed by atoms with Crippen molar-refractivity contribution in [2.45, 2.75) is 4.90 Å². The number of rotatable bonds is 4. The third-order valence-electron chi connectivity index (χ3n) is 6.64. The molecule has 0 radical (unpaired) electrons. The largest absolute Gasteiger partial charge is 0.338 e. The van der Waals surface area contributed by atoms with Gasteiger partial charge in [0, 0.05) is 17.5 Å². The fourth-order valence-corrected chi connectivity index (χ4v) is 5.97. The van der Waals surface area contributed by atoms with Crippen LogP contribution in [0, 0.1) is 0 Å². The highest BCUT2D eigenvalue weighted by Gasteiger charge is 2.29. The van der Waals surface area contributed by atoms with Crippen molar-refractivity contribution in [2.24, 2.45) is 7.05 Å². The van der Waals surface area contributed by atoms with Gasteiger partial charge in [0.1, 0.15) is 5.69 Å². The average Bonchev–Trinajstić information content (AvgIpc) is 3.19. The number of fused-ring (bicyclic) bond motifs is 3. The number of benzene rings is 4. The molecule has 0 aliphatic carbocycles. The minimum Gasteiger partial charge on any atom is -0.338 e. The second kappa shape index (κ2) is 8.97. The molecule has 2 aromatic heterocycles. The van der Waals surface area contributed by atoms with Gasteiger partial charge >= 0.3 is 5.69 Å². The van der Waals surface area contributed by atoms with Gasteiger partial charge in [-0.15, -0.1) is 0 Å². The van der Waals surface area contributed by atoms with Crippen LogP contribution in [0.3, 0.4) is 0 Å². The monoisotopic (exact) mass is 558 g/mol. The first-order chi connectivity index (χ1) is 18.7. The average molecular weight is 559 g/mol. The third-order valence-corrected chi connectivity index (χ3v) is 8.20. The smallest absolute Gasteiger partial charge is 0.333 e. The van der Waals surface area contributed by atoms with Crippen LogP contribution in [0.15, 0.2) is 99.4 Å². The van der Waals surface area contributed by atoms with Crippen molar-refractivity contribution in [2.75, 3.05) is 0 Å². The molecule has 194 valence electrons. The number of aryl methyl sites for hydroxylation is 1. The molecule has 0 bridgehead atoms. The minimum absolute atomic E-state index is 0.0850. The highest BCUT2D eigenvalue weighted by Crippen LogP contribution is 2.30. The summed E-state index contributed by atoms with van der Waals surface area (Å²) in [5, 5.41) is 2.36. The first-order valence-electron chi connectivity index (χ1n) is 11.7. The maximum absolute atomic E-state index is 13.7. The Morgan fingerprint density at radius 1 is 0.872 bits per heavy atom. The van der Waals surface area contributed by atoms with Crippen LogP contribution in [0.2, 0.25) is 5.02 Å². The molecule has 4 aromatic carbocycles. The molecule has 39 heavy (non-hydrogen) atoms. The van der Waals surface area contributed by atoms with Crippen molar-refractivity contribution >= 4 is 60.1 Å². The number of para-hydroxylation sites is 1. The number of aromatic amines is 1. The summed E-state index contributed by atoms with van der Waals surface area (Å²) in [7, 11) is -2.79. The summed E-state index contributed by atoms with van der Waals surface area (Å²) in [6.45, 7) is 0. The topological polar surface area (TPSA) is 123 Å². The van der Waals surface area contributed by atoms with E-state index in [9.17, 15) is 22.8 Å². The Labute approximate surface area is 225 Å². The summed E-state index contributed by atoms with van der Waals surface area (Å²) in [6.07, 6.45) is 0. The number of carbonyl (C=O) groups is 1. The van der Waals surface area contributed by atoms with Gasteiger partial charge in [-0.05, 0) is 53.2 Å². The maximum atomic E-state index is 13.7. The zero-order valence-electron chi connectivity index (χ0n) is 20.3. The predicted octanol–water partition coefficient (Wildman–Crippen LogP) is 4.10. The summed E-state index contributed by atoms with van der Waals surface area (Å²) < 4.78 is 31.0. The molecule has 0 fully saturated rings. The SMILES string of the molecule is Cn1c(C(=O)NS(=O)(=O)c2ccc3ccccc3c2)c(-n2c(=O)[nH]c3ccccc3c2=O)c2cc(Cl)ccc21. The Balaban J connectivity index is 1.57. The highest BCUT2D eigenvalue weighted by molar-refractivity contribution is 7.90. The first kappa shape index (κ1) is 24.7. The molecule has 6 aromatic rings. The molecular weight excluding hydrogens is 540 g/mol. The van der Waals surface area contributed by atoms with E-state index in [2.05, 4.69) is 9.71 Å². The number of nitrogens with zero attached hydrogens (tertiary/aromatic N) is 2. The Kier molecular flexibility index (Phi) is 5.67. The van der Waals surface area contributed by atoms with Crippen LogP contribution in [0.4, 0.5) is 0 Å². The molecule has 0 aliphatic heterocycles. The normalized spacial score (nSPS) is 11.8. The minimum atomic E-state index is -4.33. The molecule has 0 saturated heterocycles. The van der Waals surface area contributed by atoms with Crippen molar-refractivity contribution in [3.63, 3.8) is 0 Å². The summed E-state index contributed by atoms with van der Waals surface area (Å²) >= 11 is 6.25. The van der Waals surface area contributed by atoms with E-state index in [1.54, 1.807) is 54.6 Å². The number of aromatic nitrogens is 3. The second-order valence-electron chi connectivity index (χ2n) is 8.98. The lowest BCUT2D eigenvalue weighted by atomic mass is 10.1. The van der Waals surface area contributed by atoms with Crippen molar-refractivity contribution in [1.82, 2.24) is 18.8 Å². The van der Waals surface area contributed by atoms with Crippen molar-refractivity contribution < 1.29 is 13.2 Å². The predicted molar refractivity (Wildman–Crippen MR) is 150 cm³/mol. The van der Waals surface area contributed by atoms with Gasteiger partial charge in [-0.3, -0.25) is 9.59 Å². The number of sulfonamides is 1. The third kappa shape index (κ3) is 4.01. The van der Waals surface area contributed by atoms with E-state index in [-0.39, 0.29) is 21.7 Å². The molecule has 1 amide bonds. The molecule has 6 rings (SSSR count). The summed E-state index contributed by atoms with van der Waals surface area (Å²) in [5.41, 5.74) is -0.974. The molecule has 2 heterocycles. The van der Waals surface area contributed by atoms with E-state index in [4.69, 9.17) is 11.6 Å². The number of hydrogen-bond donors (Lipinski definition) is 2. The molecule has 0 atom stereocenters. The lowest BCUT2D eigenvalue weighted by Crippen LogP contribution is -2.37. The van der Waals surface area contributed by atoms with E-state index >= 15 is 0 Å². The molecule has 9 nitrogen and oxygen atoms in total. The van der Waals surface area contributed by atoms with Gasteiger partial charge in [0.2, 0.25) is 0 Å². The van der Waals surface area contributed by atoms with Crippen molar-refractivity contribution in [1.29, 1.82) is 0 Å². The number of carbonyl (C=O) groups excluding carboxylic acids is 1. The summed E-state index contributed by atoms with van der Waals surface area (Å²) in [4.78, 5) is 43.0. The molecule has 2 N–H and O–H groups in total. The highest BCUT2D eigenvalue weighted by atomic mass is 35.5. The van der Waals surface area contributed by atoms with Gasteiger partial charge < -0.3 is 9.55 Å². The summed E-state index contributed by atoms with van der Waals surface area (Å²) in [6, 6.07) is 22.9. The zero-order chi connectivity index (χ0) is 27.5. The van der Waals surface area contributed by atoms with Crippen LogP contribution in [-0.4, -0.2) is 28.4 Å². The number of amides is 1. The van der Waals surface area contributed by atoms with Gasteiger partial charge in [-0.2, -0.15) is 0 Å². The van der Waals surface area contributed by atoms with Gasteiger partial charge in [0.15, 0.2) is 0 Å². The Bertz CT molecular complexity index is 2210. The van der Waals surface area contributed by atoms with E-state index in [1.165, 1.54) is 29.8 Å². The standard InChI is InChI=1S/C28H19ClN4O5S/c1-32-23-13-11-18(29)15-21(23)24(33-27(35)20-8-4-5-9-22(20)30-28(33)36)25(32)26(34)31-39(37,38)19-12-10-16-6-2-3-7-17(16)14-19/h2-15H,1H3,(H,30,36)(H,31,34). The van der Waals surface area contributed by atoms with E-state index in [1.807, 2.05) is 12.1 Å². The fourth-order valence-electron chi connectivity index (χ4n) is 4.81. The first-order valence-corrected chi connectivity index (χ1v) is 13.6. The van der Waals surface area contributed by atoms with Crippen LogP contribution >= 0.6 is 11.6 Å². The lowest BCUT2D eigenvalue weighted by Gasteiger charge is -2.12. The van der Waals surface area contributed by atoms with Crippen molar-refractivity contribution in [3.8, 4) is 5.69 Å². The van der Waals surface area contributed by atoms with Gasteiger partial charge in [0.05, 0.1) is 27.0 Å².